The fourth-order valence-electron chi connectivity index (χ4n) is 1.31. The molecule has 16 heavy (non-hydrogen) atoms. The minimum Gasteiger partial charge on any atom is -0.503 e. The quantitative estimate of drug-likeness (QED) is 0.820. The molecular weight excluding hydrogens is 204 g/mol. The molecule has 0 fully saturated rings. The van der Waals surface area contributed by atoms with E-state index in [9.17, 15) is 5.11 Å². The Balaban J connectivity index is 2.48. The summed E-state index contributed by atoms with van der Waals surface area (Å²) in [5.41, 5.74) is 0.686. The van der Waals surface area contributed by atoms with Gasteiger partial charge in [0.25, 0.3) is 0 Å². The van der Waals surface area contributed by atoms with Crippen LogP contribution in [-0.2, 0) is 0 Å². The van der Waals surface area contributed by atoms with E-state index >= 15 is 0 Å². The summed E-state index contributed by atoms with van der Waals surface area (Å²) in [6, 6.07) is 5.52. The molecule has 0 saturated heterocycles. The predicted octanol–water partition coefficient (Wildman–Crippen LogP) is 1.31. The van der Waals surface area contributed by atoms with Crippen molar-refractivity contribution in [3.05, 3.63) is 30.6 Å². The first kappa shape index (κ1) is 10.4. The van der Waals surface area contributed by atoms with E-state index in [1.165, 1.54) is 6.20 Å². The second-order valence-electron chi connectivity index (χ2n) is 3.51. The van der Waals surface area contributed by atoms with E-state index in [1.54, 1.807) is 11.1 Å². The van der Waals surface area contributed by atoms with E-state index in [0.717, 1.165) is 0 Å². The fraction of sp³-hybridized carbons (Fsp3) is 0.182. The molecule has 5 heteroatoms. The van der Waals surface area contributed by atoms with E-state index in [1.807, 2.05) is 32.3 Å². The van der Waals surface area contributed by atoms with Crippen LogP contribution in [0.3, 0.4) is 0 Å². The van der Waals surface area contributed by atoms with Crippen molar-refractivity contribution >= 4 is 5.82 Å². The van der Waals surface area contributed by atoms with Gasteiger partial charge in [-0.1, -0.05) is 6.07 Å². The molecule has 0 saturated carbocycles. The zero-order chi connectivity index (χ0) is 11.5. The topological polar surface area (TPSA) is 62.1 Å². The summed E-state index contributed by atoms with van der Waals surface area (Å²) < 4.78 is 0. The van der Waals surface area contributed by atoms with Crippen molar-refractivity contribution in [2.24, 2.45) is 0 Å². The largest absolute Gasteiger partial charge is 0.503 e. The van der Waals surface area contributed by atoms with E-state index < -0.39 is 0 Å². The van der Waals surface area contributed by atoms with Gasteiger partial charge in [-0.3, -0.25) is 4.98 Å². The molecule has 5 nitrogen and oxygen atoms in total. The molecule has 0 unspecified atom stereocenters. The van der Waals surface area contributed by atoms with Gasteiger partial charge < -0.3 is 10.0 Å². The first-order valence-corrected chi connectivity index (χ1v) is 4.83. The molecule has 0 amide bonds. The molecule has 82 valence electrons. The van der Waals surface area contributed by atoms with Crippen LogP contribution in [0.15, 0.2) is 30.6 Å². The Labute approximate surface area is 93.4 Å². The van der Waals surface area contributed by atoms with Gasteiger partial charge in [0.2, 0.25) is 0 Å². The normalized spacial score (nSPS) is 10.1. The molecule has 1 N–H and O–H groups in total. The van der Waals surface area contributed by atoms with Crippen LogP contribution in [0.25, 0.3) is 11.5 Å². The highest BCUT2D eigenvalue weighted by Crippen LogP contribution is 2.24. The lowest BCUT2D eigenvalue weighted by Crippen LogP contribution is -2.11. The summed E-state index contributed by atoms with van der Waals surface area (Å²) >= 11 is 0. The van der Waals surface area contributed by atoms with Gasteiger partial charge in [0.15, 0.2) is 17.4 Å². The highest BCUT2D eigenvalue weighted by Gasteiger charge is 2.09. The van der Waals surface area contributed by atoms with E-state index in [4.69, 9.17) is 0 Å². The monoisotopic (exact) mass is 216 g/mol. The van der Waals surface area contributed by atoms with Crippen LogP contribution in [0, 0.1) is 0 Å². The third-order valence-corrected chi connectivity index (χ3v) is 2.07. The molecule has 0 aliphatic heterocycles. The van der Waals surface area contributed by atoms with Gasteiger partial charge in [-0.15, -0.1) is 0 Å². The van der Waals surface area contributed by atoms with Gasteiger partial charge in [-0.25, -0.2) is 9.97 Å². The van der Waals surface area contributed by atoms with Crippen molar-refractivity contribution in [2.45, 2.75) is 0 Å². The lowest BCUT2D eigenvalue weighted by Gasteiger charge is -2.13. The molecule has 2 heterocycles. The Morgan fingerprint density at radius 1 is 1.19 bits per heavy atom. The van der Waals surface area contributed by atoms with Crippen molar-refractivity contribution < 1.29 is 5.11 Å². The summed E-state index contributed by atoms with van der Waals surface area (Å²) in [4.78, 5) is 14.2. The van der Waals surface area contributed by atoms with Crippen LogP contribution >= 0.6 is 0 Å². The van der Waals surface area contributed by atoms with Crippen molar-refractivity contribution in [3.63, 3.8) is 0 Å². The highest BCUT2D eigenvalue weighted by atomic mass is 16.3. The Bertz CT molecular complexity index is 485. The number of nitrogens with zero attached hydrogens (tertiary/aromatic N) is 4. The molecular formula is C11H12N4O. The maximum atomic E-state index is 9.57. The highest BCUT2D eigenvalue weighted by molar-refractivity contribution is 5.57. The fourth-order valence-corrected chi connectivity index (χ4v) is 1.31. The number of aromatic nitrogens is 3. The smallest absolute Gasteiger partial charge is 0.180 e. The van der Waals surface area contributed by atoms with Crippen LogP contribution in [-0.4, -0.2) is 34.2 Å². The van der Waals surface area contributed by atoms with E-state index in [-0.39, 0.29) is 5.75 Å². The number of rotatable bonds is 2. The van der Waals surface area contributed by atoms with Crippen molar-refractivity contribution in [3.8, 4) is 17.3 Å². The summed E-state index contributed by atoms with van der Waals surface area (Å²) in [7, 11) is 3.62. The SMILES string of the molecule is CN(C)c1nc(-c2ccccn2)ncc1O. The predicted molar refractivity (Wildman–Crippen MR) is 61.3 cm³/mol. The standard InChI is InChI=1S/C11H12N4O/c1-15(2)11-9(16)7-13-10(14-11)8-5-3-4-6-12-8/h3-7,16H,1-2H3. The second-order valence-corrected chi connectivity index (χ2v) is 3.51. The van der Waals surface area contributed by atoms with Crippen LogP contribution in [0.4, 0.5) is 5.82 Å². The molecule has 2 rings (SSSR count). The molecule has 0 aromatic carbocycles. The van der Waals surface area contributed by atoms with Gasteiger partial charge in [-0.2, -0.15) is 0 Å². The van der Waals surface area contributed by atoms with Gasteiger partial charge in [0.05, 0.1) is 6.20 Å². The summed E-state index contributed by atoms with van der Waals surface area (Å²) in [5.74, 6) is 1.04. The molecule has 0 aliphatic rings. The minimum atomic E-state index is 0.0599. The minimum absolute atomic E-state index is 0.0599. The molecule has 0 spiro atoms. The number of anilines is 1. The third-order valence-electron chi connectivity index (χ3n) is 2.07. The zero-order valence-electron chi connectivity index (χ0n) is 9.12. The Kier molecular flexibility index (Phi) is 2.68. The van der Waals surface area contributed by atoms with Crippen molar-refractivity contribution in [1.29, 1.82) is 0 Å². The summed E-state index contributed by atoms with van der Waals surface area (Å²) in [6.07, 6.45) is 3.06. The number of aromatic hydroxyl groups is 1. The van der Waals surface area contributed by atoms with Crippen LogP contribution in [0.5, 0.6) is 5.75 Å². The van der Waals surface area contributed by atoms with Crippen molar-refractivity contribution in [2.75, 3.05) is 19.0 Å². The van der Waals surface area contributed by atoms with Crippen LogP contribution in [0.1, 0.15) is 0 Å². The molecule has 2 aromatic rings. The zero-order valence-corrected chi connectivity index (χ0v) is 9.12. The Morgan fingerprint density at radius 2 is 2.00 bits per heavy atom. The average molecular weight is 216 g/mol. The molecule has 0 radical (unpaired) electrons. The van der Waals surface area contributed by atoms with Crippen molar-refractivity contribution in [1.82, 2.24) is 15.0 Å². The van der Waals surface area contributed by atoms with E-state index in [2.05, 4.69) is 15.0 Å². The van der Waals surface area contributed by atoms with Crippen LogP contribution < -0.4 is 4.90 Å². The Hall–Kier alpha value is -2.17. The first-order chi connectivity index (χ1) is 7.68. The number of hydrogen-bond donors (Lipinski definition) is 1. The maximum Gasteiger partial charge on any atom is 0.180 e. The van der Waals surface area contributed by atoms with Gasteiger partial charge in [0.1, 0.15) is 5.69 Å². The summed E-state index contributed by atoms with van der Waals surface area (Å²) in [6.45, 7) is 0. The summed E-state index contributed by atoms with van der Waals surface area (Å²) in [5, 5.41) is 9.57. The lowest BCUT2D eigenvalue weighted by molar-refractivity contribution is 0.470. The Morgan fingerprint density at radius 3 is 2.62 bits per heavy atom. The van der Waals surface area contributed by atoms with Gasteiger partial charge in [0, 0.05) is 20.3 Å². The average Bonchev–Trinajstić information content (AvgIpc) is 2.30. The number of pyridine rings is 1. The molecule has 2 aromatic heterocycles. The molecule has 0 aliphatic carbocycles. The second kappa shape index (κ2) is 4.14. The molecule has 0 bridgehead atoms. The van der Waals surface area contributed by atoms with E-state index in [0.29, 0.717) is 17.3 Å². The molecule has 0 atom stereocenters. The number of hydrogen-bond acceptors (Lipinski definition) is 5. The lowest BCUT2D eigenvalue weighted by atomic mass is 10.3. The maximum absolute atomic E-state index is 9.57. The van der Waals surface area contributed by atoms with Gasteiger partial charge in [-0.05, 0) is 12.1 Å². The van der Waals surface area contributed by atoms with Gasteiger partial charge >= 0.3 is 0 Å². The first-order valence-electron chi connectivity index (χ1n) is 4.83. The van der Waals surface area contributed by atoms with Crippen LogP contribution in [0.2, 0.25) is 0 Å². The third kappa shape index (κ3) is 1.93.